The zero-order valence-electron chi connectivity index (χ0n) is 9.07. The van der Waals surface area contributed by atoms with Gasteiger partial charge >= 0.3 is 0 Å². The van der Waals surface area contributed by atoms with Crippen LogP contribution in [0.25, 0.3) is 0 Å². The van der Waals surface area contributed by atoms with Gasteiger partial charge in [-0.2, -0.15) is 0 Å². The van der Waals surface area contributed by atoms with Gasteiger partial charge in [0, 0.05) is 12.1 Å². The summed E-state index contributed by atoms with van der Waals surface area (Å²) in [6.45, 7) is 4.63. The van der Waals surface area contributed by atoms with Gasteiger partial charge in [0.05, 0.1) is 0 Å². The van der Waals surface area contributed by atoms with Crippen molar-refractivity contribution in [3.05, 3.63) is 17.0 Å². The van der Waals surface area contributed by atoms with Crippen LogP contribution < -0.4 is 5.32 Å². The molecule has 15 heavy (non-hydrogen) atoms. The lowest BCUT2D eigenvalue weighted by molar-refractivity contribution is 0.435. The van der Waals surface area contributed by atoms with Gasteiger partial charge in [0.25, 0.3) is 0 Å². The summed E-state index contributed by atoms with van der Waals surface area (Å²) in [5.74, 6) is 2.45. The smallest absolute Gasteiger partial charge is 0.130 e. The maximum Gasteiger partial charge on any atom is 0.130 e. The number of halogens is 1. The van der Waals surface area contributed by atoms with Crippen molar-refractivity contribution in [3.63, 3.8) is 0 Å². The van der Waals surface area contributed by atoms with Crippen LogP contribution in [0.1, 0.15) is 26.7 Å². The lowest BCUT2D eigenvalue weighted by atomic mass is 9.98. The van der Waals surface area contributed by atoms with E-state index < -0.39 is 0 Å². The number of hydrogen-bond donors (Lipinski definition) is 1. The second-order valence-corrected chi connectivity index (χ2v) is 5.20. The van der Waals surface area contributed by atoms with Crippen LogP contribution in [0, 0.1) is 11.8 Å². The molecule has 82 valence electrons. The third-order valence-electron chi connectivity index (χ3n) is 3.43. The van der Waals surface area contributed by atoms with E-state index in [4.69, 9.17) is 0 Å². The summed E-state index contributed by atoms with van der Waals surface area (Å²) in [6.07, 6.45) is 4.13. The molecule has 1 aliphatic rings. The molecule has 3 unspecified atom stereocenters. The molecule has 3 nitrogen and oxygen atoms in total. The van der Waals surface area contributed by atoms with Crippen molar-refractivity contribution in [2.45, 2.75) is 32.7 Å². The Kier molecular flexibility index (Phi) is 3.24. The molecular formula is C11H16BrN3. The Labute approximate surface area is 98.8 Å². The highest BCUT2D eigenvalue weighted by atomic mass is 79.9. The Hall–Kier alpha value is -0.640. The number of rotatable bonds is 2. The number of nitrogens with one attached hydrogen (secondary N) is 1. The number of nitrogens with zero attached hydrogens (tertiary/aromatic N) is 2. The third-order valence-corrected chi connectivity index (χ3v) is 3.87. The molecular weight excluding hydrogens is 254 g/mol. The van der Waals surface area contributed by atoms with E-state index in [0.29, 0.717) is 6.04 Å². The van der Waals surface area contributed by atoms with Crippen LogP contribution in [-0.2, 0) is 0 Å². The van der Waals surface area contributed by atoms with Gasteiger partial charge in [0.15, 0.2) is 0 Å². The first-order chi connectivity index (χ1) is 7.16. The van der Waals surface area contributed by atoms with E-state index in [0.717, 1.165) is 22.3 Å². The number of anilines is 1. The average Bonchev–Trinajstić information content (AvgIpc) is 2.50. The molecule has 1 N–H and O–H groups in total. The molecule has 1 saturated carbocycles. The predicted octanol–water partition coefficient (Wildman–Crippen LogP) is 3.09. The molecule has 0 saturated heterocycles. The summed E-state index contributed by atoms with van der Waals surface area (Å²) in [6, 6.07) is 2.48. The van der Waals surface area contributed by atoms with Crippen molar-refractivity contribution in [1.29, 1.82) is 0 Å². The second kappa shape index (κ2) is 4.47. The molecule has 2 rings (SSSR count). The molecule has 0 bridgehead atoms. The minimum Gasteiger partial charge on any atom is -0.367 e. The highest BCUT2D eigenvalue weighted by molar-refractivity contribution is 9.10. The molecule has 0 amide bonds. The van der Waals surface area contributed by atoms with E-state index in [-0.39, 0.29) is 0 Å². The van der Waals surface area contributed by atoms with E-state index in [1.807, 2.05) is 6.07 Å². The minimum absolute atomic E-state index is 0.557. The molecule has 1 aromatic rings. The third kappa shape index (κ3) is 2.48. The van der Waals surface area contributed by atoms with Gasteiger partial charge in [-0.25, -0.2) is 9.97 Å². The van der Waals surface area contributed by atoms with Crippen LogP contribution in [0.15, 0.2) is 17.0 Å². The molecule has 0 spiro atoms. The van der Waals surface area contributed by atoms with Crippen LogP contribution in [0.4, 0.5) is 5.82 Å². The summed E-state index contributed by atoms with van der Waals surface area (Å²) in [5, 5.41) is 3.48. The van der Waals surface area contributed by atoms with Gasteiger partial charge in [-0.3, -0.25) is 0 Å². The Morgan fingerprint density at radius 3 is 2.73 bits per heavy atom. The van der Waals surface area contributed by atoms with Crippen molar-refractivity contribution in [2.75, 3.05) is 5.32 Å². The topological polar surface area (TPSA) is 37.8 Å². The second-order valence-electron chi connectivity index (χ2n) is 4.39. The largest absolute Gasteiger partial charge is 0.367 e. The quantitative estimate of drug-likeness (QED) is 0.839. The van der Waals surface area contributed by atoms with E-state index in [1.54, 1.807) is 6.33 Å². The molecule has 0 radical (unpaired) electrons. The lowest BCUT2D eigenvalue weighted by Crippen LogP contribution is -2.24. The summed E-state index contributed by atoms with van der Waals surface area (Å²) >= 11 is 3.35. The fraction of sp³-hybridized carbons (Fsp3) is 0.636. The Balaban J connectivity index is 2.03. The standard InChI is InChI=1S/C11H16BrN3/c1-7-3-4-9(8(7)2)15-11-5-10(12)13-6-14-11/h5-9H,3-4H2,1-2H3,(H,13,14,15). The fourth-order valence-electron chi connectivity index (χ4n) is 2.17. The molecule has 0 aliphatic heterocycles. The van der Waals surface area contributed by atoms with Crippen molar-refractivity contribution < 1.29 is 0 Å². The van der Waals surface area contributed by atoms with Crippen molar-refractivity contribution >= 4 is 21.7 Å². The SMILES string of the molecule is CC1CCC(Nc2cc(Br)ncn2)C1C. The molecule has 1 aliphatic carbocycles. The van der Waals surface area contributed by atoms with Gasteiger partial charge in [-0.1, -0.05) is 13.8 Å². The number of aromatic nitrogens is 2. The van der Waals surface area contributed by atoms with Gasteiger partial charge in [-0.05, 0) is 40.6 Å². The normalized spacial score (nSPS) is 30.5. The van der Waals surface area contributed by atoms with Gasteiger partial charge in [-0.15, -0.1) is 0 Å². The zero-order valence-corrected chi connectivity index (χ0v) is 10.7. The van der Waals surface area contributed by atoms with Crippen LogP contribution in [0.5, 0.6) is 0 Å². The van der Waals surface area contributed by atoms with Crippen LogP contribution in [0.2, 0.25) is 0 Å². The molecule has 1 aromatic heterocycles. The molecule has 3 atom stereocenters. The highest BCUT2D eigenvalue weighted by Crippen LogP contribution is 2.32. The summed E-state index contributed by atoms with van der Waals surface area (Å²) < 4.78 is 0.832. The zero-order chi connectivity index (χ0) is 10.8. The maximum atomic E-state index is 4.21. The number of hydrogen-bond acceptors (Lipinski definition) is 3. The van der Waals surface area contributed by atoms with Crippen LogP contribution in [-0.4, -0.2) is 16.0 Å². The van der Waals surface area contributed by atoms with E-state index in [2.05, 4.69) is 45.1 Å². The first kappa shape index (κ1) is 10.9. The lowest BCUT2D eigenvalue weighted by Gasteiger charge is -2.20. The van der Waals surface area contributed by atoms with Gasteiger partial charge < -0.3 is 5.32 Å². The summed E-state index contributed by atoms with van der Waals surface area (Å²) in [5.41, 5.74) is 0. The van der Waals surface area contributed by atoms with Crippen LogP contribution >= 0.6 is 15.9 Å². The molecule has 4 heteroatoms. The maximum absolute atomic E-state index is 4.21. The van der Waals surface area contributed by atoms with E-state index in [1.165, 1.54) is 12.8 Å². The first-order valence-corrected chi connectivity index (χ1v) is 6.20. The highest BCUT2D eigenvalue weighted by Gasteiger charge is 2.29. The molecule has 1 heterocycles. The van der Waals surface area contributed by atoms with E-state index >= 15 is 0 Å². The fourth-order valence-corrected chi connectivity index (χ4v) is 2.48. The molecule has 1 fully saturated rings. The Morgan fingerprint density at radius 1 is 1.33 bits per heavy atom. The van der Waals surface area contributed by atoms with Crippen molar-refractivity contribution in [1.82, 2.24) is 9.97 Å². The predicted molar refractivity (Wildman–Crippen MR) is 64.7 cm³/mol. The first-order valence-electron chi connectivity index (χ1n) is 5.41. The van der Waals surface area contributed by atoms with Gasteiger partial charge in [0.2, 0.25) is 0 Å². The van der Waals surface area contributed by atoms with E-state index in [9.17, 15) is 0 Å². The monoisotopic (exact) mass is 269 g/mol. The average molecular weight is 270 g/mol. The summed E-state index contributed by atoms with van der Waals surface area (Å²) in [4.78, 5) is 8.22. The van der Waals surface area contributed by atoms with Crippen LogP contribution in [0.3, 0.4) is 0 Å². The van der Waals surface area contributed by atoms with Crippen molar-refractivity contribution in [3.8, 4) is 0 Å². The Bertz CT molecular complexity index is 342. The Morgan fingerprint density at radius 2 is 2.13 bits per heavy atom. The summed E-state index contributed by atoms with van der Waals surface area (Å²) in [7, 11) is 0. The van der Waals surface area contributed by atoms with Crippen molar-refractivity contribution in [2.24, 2.45) is 11.8 Å². The minimum atomic E-state index is 0.557. The molecule has 0 aromatic carbocycles. The van der Waals surface area contributed by atoms with Gasteiger partial charge in [0.1, 0.15) is 16.7 Å².